The number of amides is 2. The minimum absolute atomic E-state index is 0.341. The van der Waals surface area contributed by atoms with E-state index in [-0.39, 0.29) is 0 Å². The largest absolute Gasteiger partial charge is 0.493 e. The monoisotopic (exact) mass is 378 g/mol. The van der Waals surface area contributed by atoms with Gasteiger partial charge in [0.15, 0.2) is 6.10 Å². The zero-order valence-electron chi connectivity index (χ0n) is 15.8. The van der Waals surface area contributed by atoms with E-state index in [1.807, 2.05) is 49.4 Å². The lowest BCUT2D eigenvalue weighted by atomic mass is 10.1. The van der Waals surface area contributed by atoms with Gasteiger partial charge in [0, 0.05) is 0 Å². The minimum atomic E-state index is -0.788. The highest BCUT2D eigenvalue weighted by atomic mass is 16.5. The molecule has 0 aliphatic carbocycles. The summed E-state index contributed by atoms with van der Waals surface area (Å²) in [7, 11) is 0. The van der Waals surface area contributed by atoms with E-state index in [9.17, 15) is 9.59 Å². The van der Waals surface area contributed by atoms with Crippen LogP contribution in [0.1, 0.15) is 24.2 Å². The number of fused-ring (bicyclic) bond motifs is 1. The predicted octanol–water partition coefficient (Wildman–Crippen LogP) is 3.47. The van der Waals surface area contributed by atoms with Crippen LogP contribution in [0, 0.1) is 0 Å². The van der Waals surface area contributed by atoms with Gasteiger partial charge in [0.05, 0.1) is 12.2 Å². The van der Waals surface area contributed by atoms with Crippen molar-refractivity contribution in [2.75, 3.05) is 6.61 Å². The van der Waals surface area contributed by atoms with Crippen molar-refractivity contribution in [1.29, 1.82) is 0 Å². The maximum absolute atomic E-state index is 12.3. The Morgan fingerprint density at radius 2 is 1.64 bits per heavy atom. The molecular formula is C22H22N2O4. The first-order valence-electron chi connectivity index (χ1n) is 9.06. The molecule has 0 fully saturated rings. The number of para-hydroxylation sites is 1. The summed E-state index contributed by atoms with van der Waals surface area (Å²) in [5, 5.41) is 2.11. The van der Waals surface area contributed by atoms with Crippen molar-refractivity contribution in [3.63, 3.8) is 0 Å². The summed E-state index contributed by atoms with van der Waals surface area (Å²) in [4.78, 5) is 24.6. The molecule has 6 heteroatoms. The maximum atomic E-state index is 12.3. The number of carbonyl (C=O) groups is 2. The minimum Gasteiger partial charge on any atom is -0.493 e. The summed E-state index contributed by atoms with van der Waals surface area (Å²) in [6.07, 6.45) is -0.788. The summed E-state index contributed by atoms with van der Waals surface area (Å²) in [6, 6.07) is 20.3. The summed E-state index contributed by atoms with van der Waals surface area (Å²) in [5.41, 5.74) is 5.12. The molecule has 3 aromatic rings. The van der Waals surface area contributed by atoms with Crippen LogP contribution in [0.15, 0.2) is 66.7 Å². The fourth-order valence-electron chi connectivity index (χ4n) is 2.72. The molecule has 3 aromatic carbocycles. The summed E-state index contributed by atoms with van der Waals surface area (Å²) < 4.78 is 11.1. The lowest BCUT2D eigenvalue weighted by Gasteiger charge is -2.16. The highest BCUT2D eigenvalue weighted by molar-refractivity contribution is 5.98. The van der Waals surface area contributed by atoms with Crippen molar-refractivity contribution >= 4 is 22.6 Å². The van der Waals surface area contributed by atoms with Crippen LogP contribution in [0.25, 0.3) is 10.8 Å². The van der Waals surface area contributed by atoms with Gasteiger partial charge >= 0.3 is 0 Å². The van der Waals surface area contributed by atoms with Gasteiger partial charge in [-0.15, -0.1) is 0 Å². The number of hydrogen-bond donors (Lipinski definition) is 2. The number of hydrazine groups is 1. The Morgan fingerprint density at radius 1 is 0.929 bits per heavy atom. The fourth-order valence-corrected chi connectivity index (χ4v) is 2.72. The highest BCUT2D eigenvalue weighted by Crippen LogP contribution is 2.21. The molecule has 3 rings (SSSR count). The van der Waals surface area contributed by atoms with Gasteiger partial charge in [-0.1, -0.05) is 42.5 Å². The average molecular weight is 378 g/mol. The third-order valence-electron chi connectivity index (χ3n) is 4.13. The molecule has 2 amide bonds. The predicted molar refractivity (Wildman–Crippen MR) is 107 cm³/mol. The van der Waals surface area contributed by atoms with Gasteiger partial charge < -0.3 is 9.47 Å². The van der Waals surface area contributed by atoms with Crippen molar-refractivity contribution in [1.82, 2.24) is 10.9 Å². The van der Waals surface area contributed by atoms with Crippen LogP contribution in [0.2, 0.25) is 0 Å². The first-order chi connectivity index (χ1) is 13.6. The van der Waals surface area contributed by atoms with E-state index in [4.69, 9.17) is 9.47 Å². The number of hydrogen-bond acceptors (Lipinski definition) is 4. The quantitative estimate of drug-likeness (QED) is 0.644. The molecule has 0 saturated carbocycles. The van der Waals surface area contributed by atoms with Crippen LogP contribution in [-0.4, -0.2) is 24.5 Å². The van der Waals surface area contributed by atoms with Crippen LogP contribution in [-0.2, 0) is 4.79 Å². The molecule has 0 aromatic heterocycles. The van der Waals surface area contributed by atoms with E-state index in [2.05, 4.69) is 10.9 Å². The van der Waals surface area contributed by atoms with Crippen LogP contribution in [0.4, 0.5) is 0 Å². The first kappa shape index (κ1) is 19.2. The van der Waals surface area contributed by atoms with E-state index in [0.717, 1.165) is 10.8 Å². The SMILES string of the molecule is CCOc1ccccc1C(=O)NNC(=O)[C@@H](C)Oc1ccc2ccccc2c1. The molecule has 0 saturated heterocycles. The Morgan fingerprint density at radius 3 is 2.43 bits per heavy atom. The molecule has 0 aliphatic rings. The lowest BCUT2D eigenvalue weighted by Crippen LogP contribution is -2.47. The smallest absolute Gasteiger partial charge is 0.279 e. The molecule has 1 atom stereocenters. The van der Waals surface area contributed by atoms with Crippen molar-refractivity contribution in [3.05, 3.63) is 72.3 Å². The first-order valence-corrected chi connectivity index (χ1v) is 9.06. The number of rotatable bonds is 6. The molecule has 6 nitrogen and oxygen atoms in total. The van der Waals surface area contributed by atoms with Crippen molar-refractivity contribution in [2.24, 2.45) is 0 Å². The van der Waals surface area contributed by atoms with Gasteiger partial charge in [-0.2, -0.15) is 0 Å². The van der Waals surface area contributed by atoms with E-state index < -0.39 is 17.9 Å². The Balaban J connectivity index is 1.58. The zero-order chi connectivity index (χ0) is 19.9. The van der Waals surface area contributed by atoms with Crippen LogP contribution in [0.5, 0.6) is 11.5 Å². The third kappa shape index (κ3) is 4.59. The highest BCUT2D eigenvalue weighted by Gasteiger charge is 2.17. The second-order valence-electron chi connectivity index (χ2n) is 6.14. The molecular weight excluding hydrogens is 356 g/mol. The van der Waals surface area contributed by atoms with E-state index in [1.165, 1.54) is 0 Å². The summed E-state index contributed by atoms with van der Waals surface area (Å²) in [5.74, 6) is 0.109. The Bertz CT molecular complexity index is 987. The van der Waals surface area contributed by atoms with Gasteiger partial charge in [-0.05, 0) is 48.9 Å². The number of benzene rings is 3. The summed E-state index contributed by atoms with van der Waals surface area (Å²) >= 11 is 0. The topological polar surface area (TPSA) is 76.7 Å². The van der Waals surface area contributed by atoms with Crippen molar-refractivity contribution in [3.8, 4) is 11.5 Å². The van der Waals surface area contributed by atoms with Crippen LogP contribution < -0.4 is 20.3 Å². The maximum Gasteiger partial charge on any atom is 0.279 e. The number of nitrogens with one attached hydrogen (secondary N) is 2. The van der Waals surface area contributed by atoms with Gasteiger partial charge in [-0.25, -0.2) is 0 Å². The fraction of sp³-hybridized carbons (Fsp3) is 0.182. The van der Waals surface area contributed by atoms with E-state index >= 15 is 0 Å². The normalized spacial score (nSPS) is 11.5. The van der Waals surface area contributed by atoms with Gasteiger partial charge in [0.25, 0.3) is 11.8 Å². The molecule has 0 heterocycles. The van der Waals surface area contributed by atoms with Gasteiger partial charge in [-0.3, -0.25) is 20.4 Å². The number of carbonyl (C=O) groups excluding carboxylic acids is 2. The van der Waals surface area contributed by atoms with E-state index in [1.54, 1.807) is 31.2 Å². The second-order valence-corrected chi connectivity index (χ2v) is 6.14. The lowest BCUT2D eigenvalue weighted by molar-refractivity contribution is -0.128. The molecule has 144 valence electrons. The van der Waals surface area contributed by atoms with Crippen LogP contribution >= 0.6 is 0 Å². The Kier molecular flexibility index (Phi) is 6.11. The Labute approximate surface area is 163 Å². The standard InChI is InChI=1S/C22H22N2O4/c1-3-27-20-11-7-6-10-19(20)22(26)24-23-21(25)15(2)28-18-13-12-16-8-4-5-9-17(16)14-18/h4-15H,3H2,1-2H3,(H,23,25)(H,24,26)/t15-/m1/s1. The van der Waals surface area contributed by atoms with Crippen molar-refractivity contribution in [2.45, 2.75) is 20.0 Å². The zero-order valence-corrected chi connectivity index (χ0v) is 15.8. The summed E-state index contributed by atoms with van der Waals surface area (Å²) in [6.45, 7) is 3.89. The Hall–Kier alpha value is -3.54. The van der Waals surface area contributed by atoms with Crippen molar-refractivity contribution < 1.29 is 19.1 Å². The van der Waals surface area contributed by atoms with Gasteiger partial charge in [0.1, 0.15) is 11.5 Å². The van der Waals surface area contributed by atoms with Gasteiger partial charge in [0.2, 0.25) is 0 Å². The molecule has 0 radical (unpaired) electrons. The molecule has 0 aliphatic heterocycles. The molecule has 0 spiro atoms. The molecule has 0 unspecified atom stereocenters. The number of ether oxygens (including phenoxy) is 2. The van der Waals surface area contributed by atoms with Crippen LogP contribution in [0.3, 0.4) is 0 Å². The molecule has 0 bridgehead atoms. The second kappa shape index (κ2) is 8.90. The average Bonchev–Trinajstić information content (AvgIpc) is 2.72. The molecule has 28 heavy (non-hydrogen) atoms. The third-order valence-corrected chi connectivity index (χ3v) is 4.13. The van der Waals surface area contributed by atoms with E-state index in [0.29, 0.717) is 23.7 Å². The molecule has 2 N–H and O–H groups in total.